The van der Waals surface area contributed by atoms with E-state index in [9.17, 15) is 9.36 Å². The van der Waals surface area contributed by atoms with Gasteiger partial charge in [0, 0.05) is 6.42 Å². The fourth-order valence-electron chi connectivity index (χ4n) is 3.82. The molecule has 2 unspecified atom stereocenters. The van der Waals surface area contributed by atoms with Crippen molar-refractivity contribution in [1.29, 1.82) is 0 Å². The Morgan fingerprint density at radius 3 is 2.30 bits per heavy atom. The molecule has 1 saturated carbocycles. The first-order valence-electron chi connectivity index (χ1n) is 10.8. The first-order chi connectivity index (χ1) is 13.0. The lowest BCUT2D eigenvalue weighted by atomic mass is 10.0. The van der Waals surface area contributed by atoms with Crippen LogP contribution in [0.5, 0.6) is 0 Å². The molecule has 2 rings (SSSR count). The number of phosphoric acid groups is 1. The van der Waals surface area contributed by atoms with Gasteiger partial charge in [-0.2, -0.15) is 0 Å². The van der Waals surface area contributed by atoms with Crippen LogP contribution in [0.25, 0.3) is 0 Å². The van der Waals surface area contributed by atoms with Gasteiger partial charge < -0.3 is 9.63 Å². The zero-order valence-electron chi connectivity index (χ0n) is 16.8. The summed E-state index contributed by atoms with van der Waals surface area (Å²) >= 11 is 0. The van der Waals surface area contributed by atoms with E-state index in [-0.39, 0.29) is 19.2 Å². The van der Waals surface area contributed by atoms with Gasteiger partial charge in [0.2, 0.25) is 0 Å². The molecule has 1 N–H and O–H groups in total. The van der Waals surface area contributed by atoms with Crippen LogP contribution in [0.15, 0.2) is 0 Å². The fourth-order valence-corrected chi connectivity index (χ4v) is 4.73. The molecule has 0 amide bonds. The van der Waals surface area contributed by atoms with Crippen molar-refractivity contribution < 1.29 is 28.0 Å². The molecule has 0 aromatic rings. The second kappa shape index (κ2) is 12.2. The summed E-state index contributed by atoms with van der Waals surface area (Å²) in [5, 5.41) is 0. The van der Waals surface area contributed by atoms with Crippen LogP contribution >= 0.6 is 7.82 Å². The standard InChI is InChI=1S/C20H37O6P/c1-2-3-4-8-11-17-14-18(17)12-9-6-5-7-10-13-20(21)24-15-19-16-25-27(22,23)26-19/h17-19H,2-16H2,1H3,(H,22,23)/t17-,18+,19?/m1/s1. The third-order valence-corrected chi connectivity index (χ3v) is 6.63. The summed E-state index contributed by atoms with van der Waals surface area (Å²) in [7, 11) is -3.90. The van der Waals surface area contributed by atoms with E-state index >= 15 is 0 Å². The van der Waals surface area contributed by atoms with Crippen molar-refractivity contribution in [3.05, 3.63) is 0 Å². The normalized spacial score (nSPS) is 29.8. The molecule has 0 aromatic carbocycles. The summed E-state index contributed by atoms with van der Waals surface area (Å²) in [6, 6.07) is 0. The number of carbonyl (C=O) groups is 1. The quantitative estimate of drug-likeness (QED) is 0.224. The van der Waals surface area contributed by atoms with Crippen LogP contribution < -0.4 is 0 Å². The minimum Gasteiger partial charge on any atom is -0.463 e. The summed E-state index contributed by atoms with van der Waals surface area (Å²) in [6.45, 7) is 2.23. The van der Waals surface area contributed by atoms with Gasteiger partial charge in [-0.15, -0.1) is 0 Å². The Labute approximate surface area is 164 Å². The first kappa shape index (κ1) is 22.9. The molecule has 1 heterocycles. The number of phosphoric ester groups is 1. The van der Waals surface area contributed by atoms with Crippen molar-refractivity contribution in [1.82, 2.24) is 0 Å². The predicted molar refractivity (Wildman–Crippen MR) is 104 cm³/mol. The van der Waals surface area contributed by atoms with Gasteiger partial charge in [-0.1, -0.05) is 71.1 Å². The zero-order chi connectivity index (χ0) is 19.5. The molecule has 7 heteroatoms. The molecule has 2 aliphatic rings. The van der Waals surface area contributed by atoms with Crippen molar-refractivity contribution in [2.75, 3.05) is 13.2 Å². The molecule has 27 heavy (non-hydrogen) atoms. The number of ether oxygens (including phenoxy) is 1. The molecule has 1 aliphatic heterocycles. The lowest BCUT2D eigenvalue weighted by Crippen LogP contribution is -2.20. The molecule has 0 aromatic heterocycles. The highest BCUT2D eigenvalue weighted by Gasteiger charge is 2.36. The average Bonchev–Trinajstić information content (AvgIpc) is 3.28. The van der Waals surface area contributed by atoms with E-state index in [1.165, 1.54) is 64.2 Å². The third-order valence-electron chi connectivity index (χ3n) is 5.59. The average molecular weight is 404 g/mol. The lowest BCUT2D eigenvalue weighted by molar-refractivity contribution is -0.146. The van der Waals surface area contributed by atoms with E-state index in [0.717, 1.165) is 24.7 Å². The Balaban J connectivity index is 1.34. The van der Waals surface area contributed by atoms with Crippen LogP contribution in [0.1, 0.15) is 90.4 Å². The molecule has 6 nitrogen and oxygen atoms in total. The van der Waals surface area contributed by atoms with Gasteiger partial charge in [0.15, 0.2) is 0 Å². The topological polar surface area (TPSA) is 82.1 Å². The smallest absolute Gasteiger partial charge is 0.463 e. The monoisotopic (exact) mass is 404 g/mol. The van der Waals surface area contributed by atoms with Crippen LogP contribution in [0.4, 0.5) is 0 Å². The molecular weight excluding hydrogens is 367 g/mol. The maximum Gasteiger partial charge on any atom is 0.472 e. The third kappa shape index (κ3) is 10.1. The molecule has 4 atom stereocenters. The number of unbranched alkanes of at least 4 members (excludes halogenated alkanes) is 7. The SMILES string of the molecule is CCCCCC[C@@H]1C[C@@H]1CCCCCCCC(=O)OCC1COP(=O)(O)O1. The number of esters is 1. The maximum absolute atomic E-state index is 11.7. The molecule has 0 bridgehead atoms. The number of rotatable bonds is 15. The molecule has 158 valence electrons. The Kier molecular flexibility index (Phi) is 10.3. The molecule has 0 radical (unpaired) electrons. The van der Waals surface area contributed by atoms with Crippen LogP contribution in [-0.2, 0) is 23.1 Å². The van der Waals surface area contributed by atoms with E-state index in [4.69, 9.17) is 14.2 Å². The summed E-state index contributed by atoms with van der Waals surface area (Å²) in [5.74, 6) is 1.74. The van der Waals surface area contributed by atoms with Crippen LogP contribution in [0.2, 0.25) is 0 Å². The van der Waals surface area contributed by atoms with Crippen molar-refractivity contribution in [2.24, 2.45) is 11.8 Å². The molecule has 1 aliphatic carbocycles. The van der Waals surface area contributed by atoms with Gasteiger partial charge in [0.1, 0.15) is 12.7 Å². The van der Waals surface area contributed by atoms with Crippen molar-refractivity contribution in [3.8, 4) is 0 Å². The van der Waals surface area contributed by atoms with Gasteiger partial charge >= 0.3 is 13.8 Å². The Morgan fingerprint density at radius 2 is 1.67 bits per heavy atom. The molecular formula is C20H37O6P. The predicted octanol–water partition coefficient (Wildman–Crippen LogP) is 5.38. The summed E-state index contributed by atoms with van der Waals surface area (Å²) in [6.07, 6.45) is 15.2. The van der Waals surface area contributed by atoms with Crippen molar-refractivity contribution in [2.45, 2.75) is 96.5 Å². The molecule has 2 fully saturated rings. The largest absolute Gasteiger partial charge is 0.472 e. The number of carbonyl (C=O) groups excluding carboxylic acids is 1. The number of hydrogen-bond donors (Lipinski definition) is 1. The minimum atomic E-state index is -3.90. The minimum absolute atomic E-state index is 0.0123. The van der Waals surface area contributed by atoms with E-state index in [1.807, 2.05) is 0 Å². The van der Waals surface area contributed by atoms with Gasteiger partial charge in [0.25, 0.3) is 0 Å². The van der Waals surface area contributed by atoms with Gasteiger partial charge in [-0.3, -0.25) is 13.8 Å². The highest BCUT2D eigenvalue weighted by molar-refractivity contribution is 7.47. The van der Waals surface area contributed by atoms with Crippen molar-refractivity contribution in [3.63, 3.8) is 0 Å². The van der Waals surface area contributed by atoms with E-state index < -0.39 is 13.9 Å². The lowest BCUT2D eigenvalue weighted by Gasteiger charge is -2.08. The highest BCUT2D eigenvalue weighted by atomic mass is 31.2. The van der Waals surface area contributed by atoms with E-state index in [0.29, 0.717) is 6.42 Å². The van der Waals surface area contributed by atoms with E-state index in [2.05, 4.69) is 11.4 Å². The Morgan fingerprint density at radius 1 is 1.04 bits per heavy atom. The summed E-state index contributed by atoms with van der Waals surface area (Å²) < 4.78 is 25.5. The van der Waals surface area contributed by atoms with Gasteiger partial charge in [-0.25, -0.2) is 4.57 Å². The Hall–Kier alpha value is -0.420. The van der Waals surface area contributed by atoms with E-state index in [1.54, 1.807) is 0 Å². The summed E-state index contributed by atoms with van der Waals surface area (Å²) in [5.41, 5.74) is 0. The molecule has 1 saturated heterocycles. The molecule has 0 spiro atoms. The second-order valence-electron chi connectivity index (χ2n) is 8.09. The van der Waals surface area contributed by atoms with Crippen molar-refractivity contribution >= 4 is 13.8 Å². The summed E-state index contributed by atoms with van der Waals surface area (Å²) in [4.78, 5) is 20.7. The maximum atomic E-state index is 11.7. The first-order valence-corrected chi connectivity index (χ1v) is 12.3. The van der Waals surface area contributed by atoms with Gasteiger partial charge in [0.05, 0.1) is 6.61 Å². The van der Waals surface area contributed by atoms with Crippen LogP contribution in [-0.4, -0.2) is 30.2 Å². The Bertz CT molecular complexity index is 483. The second-order valence-corrected chi connectivity index (χ2v) is 9.49. The van der Waals surface area contributed by atoms with Gasteiger partial charge in [-0.05, 0) is 24.7 Å². The van der Waals surface area contributed by atoms with Crippen LogP contribution in [0, 0.1) is 11.8 Å². The zero-order valence-corrected chi connectivity index (χ0v) is 17.7. The fraction of sp³-hybridized carbons (Fsp3) is 0.950. The highest BCUT2D eigenvalue weighted by Crippen LogP contribution is 2.49. The van der Waals surface area contributed by atoms with Crippen LogP contribution in [0.3, 0.4) is 0 Å². The number of hydrogen-bond acceptors (Lipinski definition) is 5.